The van der Waals surface area contributed by atoms with E-state index >= 15 is 0 Å². The van der Waals surface area contributed by atoms with Crippen LogP contribution >= 0.6 is 11.6 Å². The fourth-order valence-corrected chi connectivity index (χ4v) is 3.90. The average Bonchev–Trinajstić information content (AvgIpc) is 2.68. The summed E-state index contributed by atoms with van der Waals surface area (Å²) in [5.74, 6) is -0.606. The number of halogens is 2. The van der Waals surface area contributed by atoms with Crippen molar-refractivity contribution >= 4 is 33.2 Å². The van der Waals surface area contributed by atoms with Crippen LogP contribution < -0.4 is 9.62 Å². The summed E-state index contributed by atoms with van der Waals surface area (Å²) in [7, 11) is -2.36. The van der Waals surface area contributed by atoms with Crippen molar-refractivity contribution in [3.63, 3.8) is 0 Å². The molecule has 2 aromatic rings. The van der Waals surface area contributed by atoms with Gasteiger partial charge in [-0.2, -0.15) is 0 Å². The molecule has 0 aromatic heterocycles. The first-order chi connectivity index (χ1) is 12.8. The van der Waals surface area contributed by atoms with E-state index in [1.54, 1.807) is 17.0 Å². The van der Waals surface area contributed by atoms with Gasteiger partial charge in [0, 0.05) is 31.9 Å². The highest BCUT2D eigenvalue weighted by molar-refractivity contribution is 7.89. The summed E-state index contributed by atoms with van der Waals surface area (Å²) in [6.45, 7) is 2.08. The first kappa shape index (κ1) is 19.6. The molecule has 1 heterocycles. The summed E-state index contributed by atoms with van der Waals surface area (Å²) in [6.07, 6.45) is 0. The van der Waals surface area contributed by atoms with Crippen LogP contribution in [0.3, 0.4) is 0 Å². The fourth-order valence-electron chi connectivity index (χ4n) is 2.94. The molecule has 2 aromatic carbocycles. The van der Waals surface area contributed by atoms with Crippen molar-refractivity contribution in [2.45, 2.75) is 4.90 Å². The third-order valence-electron chi connectivity index (χ3n) is 4.51. The Morgan fingerprint density at radius 3 is 2.30 bits per heavy atom. The van der Waals surface area contributed by atoms with Gasteiger partial charge >= 0.3 is 0 Å². The third kappa shape index (κ3) is 4.23. The molecule has 6 nitrogen and oxygen atoms in total. The molecule has 0 spiro atoms. The number of hydrogen-bond donors (Lipinski definition) is 1. The van der Waals surface area contributed by atoms with Crippen molar-refractivity contribution in [3.05, 3.63) is 58.9 Å². The smallest absolute Gasteiger partial charge is 0.255 e. The number of amides is 1. The first-order valence-electron chi connectivity index (χ1n) is 8.35. The maximum Gasteiger partial charge on any atom is 0.255 e. The number of sulfonamides is 1. The van der Waals surface area contributed by atoms with Gasteiger partial charge in [-0.05, 0) is 49.5 Å². The Kier molecular flexibility index (Phi) is 5.69. The van der Waals surface area contributed by atoms with Gasteiger partial charge in [-0.25, -0.2) is 17.5 Å². The second-order valence-corrected chi connectivity index (χ2v) is 8.40. The van der Waals surface area contributed by atoms with Crippen molar-refractivity contribution in [3.8, 4) is 0 Å². The van der Waals surface area contributed by atoms with Crippen molar-refractivity contribution in [2.75, 3.05) is 38.1 Å². The number of anilines is 1. The predicted octanol–water partition coefficient (Wildman–Crippen LogP) is 2.35. The van der Waals surface area contributed by atoms with Crippen LogP contribution in [0, 0.1) is 5.82 Å². The molecule has 1 amide bonds. The highest BCUT2D eigenvalue weighted by atomic mass is 35.5. The van der Waals surface area contributed by atoms with Crippen LogP contribution in [0.1, 0.15) is 10.4 Å². The zero-order valence-electron chi connectivity index (χ0n) is 14.7. The molecule has 0 radical (unpaired) electrons. The van der Waals surface area contributed by atoms with Gasteiger partial charge in [-0.3, -0.25) is 4.79 Å². The lowest BCUT2D eigenvalue weighted by molar-refractivity contribution is 0.0746. The zero-order valence-corrected chi connectivity index (χ0v) is 16.2. The number of nitrogens with zero attached hydrogens (tertiary/aromatic N) is 2. The maximum atomic E-state index is 13.1. The number of carbonyl (C=O) groups is 1. The summed E-state index contributed by atoms with van der Waals surface area (Å²) < 4.78 is 39.2. The summed E-state index contributed by atoms with van der Waals surface area (Å²) >= 11 is 6.13. The highest BCUT2D eigenvalue weighted by Crippen LogP contribution is 2.23. The molecule has 0 aliphatic carbocycles. The lowest BCUT2D eigenvalue weighted by atomic mass is 10.1. The lowest BCUT2D eigenvalue weighted by Gasteiger charge is -2.36. The number of hydrogen-bond acceptors (Lipinski definition) is 4. The Bertz CT molecular complexity index is 943. The van der Waals surface area contributed by atoms with E-state index in [2.05, 4.69) is 9.62 Å². The van der Waals surface area contributed by atoms with Gasteiger partial charge in [-0.1, -0.05) is 11.6 Å². The second kappa shape index (κ2) is 7.84. The molecule has 144 valence electrons. The van der Waals surface area contributed by atoms with Gasteiger partial charge in [0.05, 0.1) is 15.5 Å². The number of carbonyl (C=O) groups excluding carboxylic acids is 1. The van der Waals surface area contributed by atoms with Crippen LogP contribution in [0.5, 0.6) is 0 Å². The average molecular weight is 412 g/mol. The van der Waals surface area contributed by atoms with Crippen molar-refractivity contribution < 1.29 is 17.6 Å². The SMILES string of the molecule is CNS(=O)(=O)c1ccc(Cl)c(C(=O)N2CCN(c3ccc(F)cc3)CC2)c1. The molecule has 0 unspecified atom stereocenters. The molecule has 3 rings (SSSR count). The standard InChI is InChI=1S/C18H19ClFN3O3S/c1-21-27(25,26)15-6-7-17(19)16(12-15)18(24)23-10-8-22(9-11-23)14-4-2-13(20)3-5-14/h2-7,12,21H,8-11H2,1H3. The molecule has 1 fully saturated rings. The minimum Gasteiger partial charge on any atom is -0.368 e. The van der Waals surface area contributed by atoms with E-state index in [1.165, 1.54) is 37.4 Å². The molecule has 1 N–H and O–H groups in total. The van der Waals surface area contributed by atoms with E-state index < -0.39 is 10.0 Å². The zero-order chi connectivity index (χ0) is 19.6. The topological polar surface area (TPSA) is 69.7 Å². The maximum absolute atomic E-state index is 13.1. The Morgan fingerprint density at radius 1 is 1.07 bits per heavy atom. The monoisotopic (exact) mass is 411 g/mol. The van der Waals surface area contributed by atoms with Crippen molar-refractivity contribution in [1.82, 2.24) is 9.62 Å². The molecule has 0 atom stereocenters. The molecular formula is C18H19ClFN3O3S. The predicted molar refractivity (Wildman–Crippen MR) is 102 cm³/mol. The van der Waals surface area contributed by atoms with Crippen LogP contribution in [0.2, 0.25) is 5.02 Å². The number of benzene rings is 2. The summed E-state index contributed by atoms with van der Waals surface area (Å²) in [5, 5.41) is 0.205. The molecule has 1 aliphatic rings. The van der Waals surface area contributed by atoms with Crippen LogP contribution in [-0.4, -0.2) is 52.5 Å². The Hall–Kier alpha value is -2.16. The first-order valence-corrected chi connectivity index (χ1v) is 10.2. The van der Waals surface area contributed by atoms with Gasteiger partial charge in [-0.15, -0.1) is 0 Å². The third-order valence-corrected chi connectivity index (χ3v) is 6.25. The molecule has 0 saturated carbocycles. The van der Waals surface area contributed by atoms with Crippen LogP contribution in [0.4, 0.5) is 10.1 Å². The number of rotatable bonds is 4. The Morgan fingerprint density at radius 2 is 1.70 bits per heavy atom. The van der Waals surface area contributed by atoms with Gasteiger partial charge in [0.15, 0.2) is 0 Å². The summed E-state index contributed by atoms with van der Waals surface area (Å²) in [5.41, 5.74) is 1.05. The number of piperazine rings is 1. The van der Waals surface area contributed by atoms with E-state index in [0.29, 0.717) is 26.2 Å². The van der Waals surface area contributed by atoms with E-state index in [-0.39, 0.29) is 27.2 Å². The summed E-state index contributed by atoms with van der Waals surface area (Å²) in [4.78, 5) is 16.5. The molecule has 27 heavy (non-hydrogen) atoms. The van der Waals surface area contributed by atoms with E-state index in [0.717, 1.165) is 5.69 Å². The normalized spacial score (nSPS) is 15.1. The quantitative estimate of drug-likeness (QED) is 0.838. The highest BCUT2D eigenvalue weighted by Gasteiger charge is 2.25. The van der Waals surface area contributed by atoms with Crippen molar-refractivity contribution in [2.24, 2.45) is 0 Å². The lowest BCUT2D eigenvalue weighted by Crippen LogP contribution is -2.48. The largest absolute Gasteiger partial charge is 0.368 e. The molecule has 1 saturated heterocycles. The van der Waals surface area contributed by atoms with E-state index in [9.17, 15) is 17.6 Å². The van der Waals surface area contributed by atoms with Crippen LogP contribution in [0.25, 0.3) is 0 Å². The van der Waals surface area contributed by atoms with Gasteiger partial charge < -0.3 is 9.80 Å². The Balaban J connectivity index is 1.74. The minimum atomic E-state index is -3.67. The van der Waals surface area contributed by atoms with Crippen LogP contribution in [-0.2, 0) is 10.0 Å². The van der Waals surface area contributed by atoms with Gasteiger partial charge in [0.25, 0.3) is 5.91 Å². The Labute approximate surface area is 162 Å². The van der Waals surface area contributed by atoms with Gasteiger partial charge in [0.2, 0.25) is 10.0 Å². The minimum absolute atomic E-state index is 0.0114. The fraction of sp³-hybridized carbons (Fsp3) is 0.278. The molecule has 9 heteroatoms. The van der Waals surface area contributed by atoms with Gasteiger partial charge in [0.1, 0.15) is 5.82 Å². The van der Waals surface area contributed by atoms with Crippen LogP contribution in [0.15, 0.2) is 47.4 Å². The molecule has 0 bridgehead atoms. The molecule has 1 aliphatic heterocycles. The van der Waals surface area contributed by atoms with E-state index in [4.69, 9.17) is 11.6 Å². The van der Waals surface area contributed by atoms with E-state index in [1.807, 2.05) is 0 Å². The molecular weight excluding hydrogens is 393 g/mol. The second-order valence-electron chi connectivity index (χ2n) is 6.10. The van der Waals surface area contributed by atoms with Crippen molar-refractivity contribution in [1.29, 1.82) is 0 Å². The number of nitrogens with one attached hydrogen (secondary N) is 1. The summed E-state index contributed by atoms with van der Waals surface area (Å²) in [6, 6.07) is 10.3.